The molecule has 3 N–H and O–H groups in total. The van der Waals surface area contributed by atoms with Gasteiger partial charge in [-0.25, -0.2) is 4.98 Å². The molecule has 0 aliphatic heterocycles. The minimum atomic E-state index is 0.0289. The lowest BCUT2D eigenvalue weighted by atomic mass is 9.83. The summed E-state index contributed by atoms with van der Waals surface area (Å²) in [5.74, 6) is 0.800. The molecular weight excluding hydrogens is 440 g/mol. The highest BCUT2D eigenvalue weighted by Crippen LogP contribution is 2.32. The van der Waals surface area contributed by atoms with Crippen LogP contribution in [0.5, 0.6) is 0 Å². The van der Waals surface area contributed by atoms with Crippen molar-refractivity contribution in [3.05, 3.63) is 52.0 Å². The third-order valence-electron chi connectivity index (χ3n) is 7.58. The molecule has 1 unspecified atom stereocenters. The number of carbonyl (C=O) groups excluding carboxylic acids is 1. The van der Waals surface area contributed by atoms with Crippen LogP contribution in [0.4, 0.5) is 5.13 Å². The van der Waals surface area contributed by atoms with E-state index in [2.05, 4.69) is 35.1 Å². The van der Waals surface area contributed by atoms with Crippen molar-refractivity contribution >= 4 is 28.5 Å². The van der Waals surface area contributed by atoms with Crippen LogP contribution in [0.25, 0.3) is 6.08 Å². The van der Waals surface area contributed by atoms with Crippen LogP contribution < -0.4 is 11.1 Å². The second-order valence-corrected chi connectivity index (χ2v) is 11.2. The summed E-state index contributed by atoms with van der Waals surface area (Å²) in [6.07, 6.45) is 14.1. The number of aromatic nitrogens is 1. The smallest absolute Gasteiger partial charge is 0.244 e. The van der Waals surface area contributed by atoms with Crippen molar-refractivity contribution in [1.82, 2.24) is 15.2 Å². The molecule has 0 spiro atoms. The van der Waals surface area contributed by atoms with Gasteiger partial charge in [0.15, 0.2) is 5.13 Å². The molecule has 0 bridgehead atoms. The molecule has 2 aliphatic carbocycles. The molecule has 1 saturated carbocycles. The predicted molar refractivity (Wildman–Crippen MR) is 143 cm³/mol. The molecule has 34 heavy (non-hydrogen) atoms. The molecule has 1 atom stereocenters. The summed E-state index contributed by atoms with van der Waals surface area (Å²) >= 11 is 1.68. The second kappa shape index (κ2) is 12.0. The number of carbonyl (C=O) groups is 1. The number of anilines is 1. The van der Waals surface area contributed by atoms with Gasteiger partial charge in [0, 0.05) is 23.0 Å². The summed E-state index contributed by atoms with van der Waals surface area (Å²) in [7, 11) is 0. The summed E-state index contributed by atoms with van der Waals surface area (Å²) in [6, 6.07) is 9.09. The topological polar surface area (TPSA) is 71.2 Å². The maximum Gasteiger partial charge on any atom is 0.244 e. The molecule has 1 heterocycles. The number of benzene rings is 1. The van der Waals surface area contributed by atoms with Gasteiger partial charge in [0.2, 0.25) is 5.91 Å². The van der Waals surface area contributed by atoms with E-state index in [0.29, 0.717) is 12.1 Å². The number of aryl methyl sites for hydroxylation is 2. The van der Waals surface area contributed by atoms with Crippen molar-refractivity contribution in [3.8, 4) is 0 Å². The molecule has 2 aromatic rings. The molecule has 1 amide bonds. The lowest BCUT2D eigenvalue weighted by Crippen LogP contribution is -2.41. The van der Waals surface area contributed by atoms with Gasteiger partial charge in [-0.3, -0.25) is 4.79 Å². The van der Waals surface area contributed by atoms with Gasteiger partial charge in [-0.1, -0.05) is 31.2 Å². The highest BCUT2D eigenvalue weighted by atomic mass is 32.1. The predicted octanol–water partition coefficient (Wildman–Crippen LogP) is 5.38. The number of nitrogen functional groups attached to an aromatic ring is 1. The summed E-state index contributed by atoms with van der Waals surface area (Å²) in [5.41, 5.74) is 9.48. The van der Waals surface area contributed by atoms with Crippen LogP contribution in [0, 0.1) is 12.8 Å². The summed E-state index contributed by atoms with van der Waals surface area (Å²) in [6.45, 7) is 6.71. The standard InChI is InChI=1S/C28H40N4OS/c1-3-17-32(24-13-14-25-26(19-24)34-28(29)31-25)18-16-21-8-11-23(12-9-21)30-27(33)15-10-22-7-5-4-6-20(22)2/h4-7,10,15,21,23-24H,3,8-9,11-14,16-19H2,1-2H3,(H2,29,31)(H,30,33). The van der Waals surface area contributed by atoms with Crippen molar-refractivity contribution in [2.75, 3.05) is 18.8 Å². The monoisotopic (exact) mass is 480 g/mol. The van der Waals surface area contributed by atoms with E-state index in [1.54, 1.807) is 17.4 Å². The van der Waals surface area contributed by atoms with E-state index in [0.717, 1.165) is 42.3 Å². The Balaban J connectivity index is 1.20. The lowest BCUT2D eigenvalue weighted by Gasteiger charge is -2.36. The summed E-state index contributed by atoms with van der Waals surface area (Å²) in [4.78, 5) is 21.1. The van der Waals surface area contributed by atoms with E-state index in [9.17, 15) is 4.79 Å². The fourth-order valence-electron chi connectivity index (χ4n) is 5.59. The van der Waals surface area contributed by atoms with E-state index in [1.807, 2.05) is 24.3 Å². The van der Waals surface area contributed by atoms with E-state index in [-0.39, 0.29) is 5.91 Å². The SMILES string of the molecule is CCCN(CCC1CCC(NC(=O)C=Cc2ccccc2C)CC1)C1CCc2nc(N)sc2C1. The van der Waals surface area contributed by atoms with Gasteiger partial charge in [-0.05, 0) is 101 Å². The van der Waals surface area contributed by atoms with Gasteiger partial charge in [0.1, 0.15) is 0 Å². The number of nitrogens with two attached hydrogens (primary N) is 1. The zero-order valence-corrected chi connectivity index (χ0v) is 21.6. The first kappa shape index (κ1) is 24.9. The number of rotatable bonds is 9. The molecule has 1 aromatic carbocycles. The number of nitrogens with zero attached hydrogens (tertiary/aromatic N) is 2. The van der Waals surface area contributed by atoms with E-state index < -0.39 is 0 Å². The van der Waals surface area contributed by atoms with Gasteiger partial charge in [0.05, 0.1) is 5.69 Å². The molecule has 4 rings (SSSR count). The van der Waals surface area contributed by atoms with E-state index in [4.69, 9.17) is 5.73 Å². The number of thiazole rings is 1. The molecular formula is C28H40N4OS. The lowest BCUT2D eigenvalue weighted by molar-refractivity contribution is -0.117. The van der Waals surface area contributed by atoms with Crippen molar-refractivity contribution in [2.45, 2.75) is 83.7 Å². The zero-order chi connectivity index (χ0) is 23.9. The van der Waals surface area contributed by atoms with E-state index >= 15 is 0 Å². The Morgan fingerprint density at radius 2 is 2.00 bits per heavy atom. The Bertz CT molecular complexity index is 977. The quantitative estimate of drug-likeness (QED) is 0.473. The first-order chi connectivity index (χ1) is 16.5. The Labute approximate surface area is 208 Å². The molecule has 0 saturated heterocycles. The van der Waals surface area contributed by atoms with Crippen molar-refractivity contribution in [1.29, 1.82) is 0 Å². The molecule has 0 radical (unpaired) electrons. The normalized spacial score (nSPS) is 22.7. The third-order valence-corrected chi connectivity index (χ3v) is 8.53. The van der Waals surface area contributed by atoms with Crippen molar-refractivity contribution in [2.24, 2.45) is 5.92 Å². The summed E-state index contributed by atoms with van der Waals surface area (Å²) in [5, 5.41) is 3.95. The summed E-state index contributed by atoms with van der Waals surface area (Å²) < 4.78 is 0. The van der Waals surface area contributed by atoms with Crippen LogP contribution in [0.3, 0.4) is 0 Å². The Morgan fingerprint density at radius 1 is 1.21 bits per heavy atom. The van der Waals surface area contributed by atoms with Crippen LogP contribution >= 0.6 is 11.3 Å². The molecule has 6 heteroatoms. The number of hydrogen-bond acceptors (Lipinski definition) is 5. The zero-order valence-electron chi connectivity index (χ0n) is 20.8. The molecule has 5 nitrogen and oxygen atoms in total. The number of amides is 1. The average Bonchev–Trinajstić information content (AvgIpc) is 3.21. The highest BCUT2D eigenvalue weighted by Gasteiger charge is 2.28. The molecule has 184 valence electrons. The molecule has 1 fully saturated rings. The van der Waals surface area contributed by atoms with Gasteiger partial charge < -0.3 is 16.0 Å². The van der Waals surface area contributed by atoms with Gasteiger partial charge in [-0.2, -0.15) is 0 Å². The average molecular weight is 481 g/mol. The first-order valence-electron chi connectivity index (χ1n) is 13.0. The van der Waals surface area contributed by atoms with Gasteiger partial charge in [0.25, 0.3) is 0 Å². The Kier molecular flexibility index (Phi) is 8.79. The van der Waals surface area contributed by atoms with Crippen LogP contribution in [0.15, 0.2) is 30.3 Å². The number of nitrogens with one attached hydrogen (secondary N) is 1. The molecule has 1 aromatic heterocycles. The van der Waals surface area contributed by atoms with Crippen molar-refractivity contribution in [3.63, 3.8) is 0 Å². The fourth-order valence-corrected chi connectivity index (χ4v) is 6.54. The third kappa shape index (κ3) is 6.70. The van der Waals surface area contributed by atoms with Crippen LogP contribution in [0.1, 0.15) is 73.6 Å². The second-order valence-electron chi connectivity index (χ2n) is 10.1. The first-order valence-corrected chi connectivity index (χ1v) is 13.9. The minimum absolute atomic E-state index is 0.0289. The van der Waals surface area contributed by atoms with Crippen LogP contribution in [-0.4, -0.2) is 41.0 Å². The highest BCUT2D eigenvalue weighted by molar-refractivity contribution is 7.15. The van der Waals surface area contributed by atoms with Crippen molar-refractivity contribution < 1.29 is 4.79 Å². The maximum atomic E-state index is 12.4. The van der Waals surface area contributed by atoms with E-state index in [1.165, 1.54) is 61.3 Å². The number of fused-ring (bicyclic) bond motifs is 1. The van der Waals surface area contributed by atoms with Crippen LogP contribution in [0.2, 0.25) is 0 Å². The minimum Gasteiger partial charge on any atom is -0.375 e. The Hall–Kier alpha value is -2.18. The van der Waals surface area contributed by atoms with Crippen LogP contribution in [-0.2, 0) is 17.6 Å². The Morgan fingerprint density at radius 3 is 2.76 bits per heavy atom. The van der Waals surface area contributed by atoms with Gasteiger partial charge in [-0.15, -0.1) is 11.3 Å². The number of hydrogen-bond donors (Lipinski definition) is 2. The van der Waals surface area contributed by atoms with Gasteiger partial charge >= 0.3 is 0 Å². The molecule has 2 aliphatic rings. The largest absolute Gasteiger partial charge is 0.375 e. The maximum absolute atomic E-state index is 12.4. The fraction of sp³-hybridized carbons (Fsp3) is 0.571.